The van der Waals surface area contributed by atoms with Crippen LogP contribution in [0.1, 0.15) is 21.6 Å². The molecule has 2 aromatic carbocycles. The van der Waals surface area contributed by atoms with E-state index in [0.29, 0.717) is 56.6 Å². The lowest BCUT2D eigenvalue weighted by molar-refractivity contribution is -0.396. The van der Waals surface area contributed by atoms with Crippen molar-refractivity contribution in [3.8, 4) is 34.3 Å². The second-order valence-corrected chi connectivity index (χ2v) is 9.86. The molecular weight excluding hydrogens is 566 g/mol. The first-order valence-corrected chi connectivity index (χ1v) is 13.0. The Bertz CT molecular complexity index is 1910. The van der Waals surface area contributed by atoms with Crippen molar-refractivity contribution in [2.24, 2.45) is 7.05 Å². The van der Waals surface area contributed by atoms with Crippen molar-refractivity contribution in [2.45, 2.75) is 13.0 Å². The number of methoxy groups -OCH3 is 2. The molecule has 2 aliphatic rings. The Kier molecular flexibility index (Phi) is 6.63. The fourth-order valence-electron chi connectivity index (χ4n) is 5.28. The van der Waals surface area contributed by atoms with Crippen LogP contribution >= 0.6 is 0 Å². The topological polar surface area (TPSA) is 166 Å². The summed E-state index contributed by atoms with van der Waals surface area (Å²) < 4.78 is 29.9. The van der Waals surface area contributed by atoms with Gasteiger partial charge in [-0.25, -0.2) is 9.36 Å². The molecule has 1 amide bonds. The number of benzene rings is 2. The molecule has 222 valence electrons. The van der Waals surface area contributed by atoms with Gasteiger partial charge in [0.25, 0.3) is 5.91 Å². The van der Waals surface area contributed by atoms with Gasteiger partial charge in [-0.05, 0) is 29.5 Å². The summed E-state index contributed by atoms with van der Waals surface area (Å²) in [6.07, 6.45) is 0.615. The van der Waals surface area contributed by atoms with E-state index in [-0.39, 0.29) is 49.0 Å². The number of rotatable bonds is 8. The lowest BCUT2D eigenvalue weighted by Crippen LogP contribution is -2.31. The van der Waals surface area contributed by atoms with Gasteiger partial charge in [-0.1, -0.05) is 4.98 Å². The quantitative estimate of drug-likeness (QED) is 0.192. The van der Waals surface area contributed by atoms with Crippen LogP contribution in [0.3, 0.4) is 0 Å². The van der Waals surface area contributed by atoms with Gasteiger partial charge < -0.3 is 38.7 Å². The van der Waals surface area contributed by atoms with Crippen LogP contribution in [0.2, 0.25) is 0 Å². The molecule has 6 rings (SSSR count). The molecule has 15 heteroatoms. The number of amides is 1. The number of carbonyl (C=O) groups excluding carboxylic acids is 2. The van der Waals surface area contributed by atoms with Crippen molar-refractivity contribution >= 4 is 28.9 Å². The van der Waals surface area contributed by atoms with E-state index in [1.54, 1.807) is 18.2 Å². The average Bonchev–Trinajstić information content (AvgIpc) is 3.69. The number of hydrogen-bond donors (Lipinski definition) is 0. The number of ether oxygens (including phenoxy) is 5. The number of carbonyl (C=O) groups is 2. The molecule has 4 heterocycles. The third-order valence-corrected chi connectivity index (χ3v) is 7.55. The van der Waals surface area contributed by atoms with E-state index < -0.39 is 11.0 Å². The molecule has 0 spiro atoms. The Hall–Kier alpha value is -5.60. The van der Waals surface area contributed by atoms with Gasteiger partial charge in [-0.15, -0.1) is 0 Å². The molecule has 0 fully saturated rings. The largest absolute Gasteiger partial charge is 0.493 e. The van der Waals surface area contributed by atoms with Gasteiger partial charge in [-0.3, -0.25) is 14.2 Å². The molecule has 43 heavy (non-hydrogen) atoms. The average molecular weight is 592 g/mol. The van der Waals surface area contributed by atoms with Crippen LogP contribution in [-0.2, 0) is 24.8 Å². The van der Waals surface area contributed by atoms with E-state index in [2.05, 4.69) is 4.98 Å². The summed E-state index contributed by atoms with van der Waals surface area (Å²) in [6.45, 7) is -0.176. The van der Waals surface area contributed by atoms with Crippen LogP contribution in [0, 0.1) is 10.1 Å². The molecule has 2 aliphatic heterocycles. The summed E-state index contributed by atoms with van der Waals surface area (Å²) in [7, 11) is 5.85. The van der Waals surface area contributed by atoms with Crippen LogP contribution in [0.15, 0.2) is 35.3 Å². The zero-order chi connectivity index (χ0) is 30.6. The monoisotopic (exact) mass is 591 g/mol. The van der Waals surface area contributed by atoms with Gasteiger partial charge in [0.1, 0.15) is 6.20 Å². The fraction of sp³-hybridized carbons (Fsp3) is 0.286. The number of fused-ring (bicyclic) bond motifs is 6. The molecule has 0 unspecified atom stereocenters. The van der Waals surface area contributed by atoms with E-state index in [4.69, 9.17) is 23.7 Å². The summed E-state index contributed by atoms with van der Waals surface area (Å²) in [5.74, 6) is 0.794. The molecular formula is C28H25N5O10. The molecule has 0 N–H and O–H groups in total. The predicted octanol–water partition coefficient (Wildman–Crippen LogP) is 2.87. The fourth-order valence-corrected chi connectivity index (χ4v) is 5.28. The van der Waals surface area contributed by atoms with Gasteiger partial charge in [0, 0.05) is 30.8 Å². The van der Waals surface area contributed by atoms with Crippen molar-refractivity contribution in [1.29, 1.82) is 0 Å². The first-order valence-electron chi connectivity index (χ1n) is 13.0. The lowest BCUT2D eigenvalue weighted by Gasteiger charge is -2.19. The third kappa shape index (κ3) is 4.36. The number of pyridine rings is 1. The van der Waals surface area contributed by atoms with Gasteiger partial charge in [0.05, 0.1) is 43.4 Å². The molecule has 0 radical (unpaired) electrons. The summed E-state index contributed by atoms with van der Waals surface area (Å²) >= 11 is 0. The first-order chi connectivity index (χ1) is 20.6. The zero-order valence-electron chi connectivity index (χ0n) is 23.5. The van der Waals surface area contributed by atoms with Gasteiger partial charge >= 0.3 is 12.0 Å². The van der Waals surface area contributed by atoms with E-state index in [9.17, 15) is 24.5 Å². The normalized spacial score (nSPS) is 12.7. The van der Waals surface area contributed by atoms with Crippen LogP contribution in [-0.4, -0.2) is 70.5 Å². The number of aromatic nitrogens is 3. The number of nitrogens with zero attached hydrogens (tertiary/aromatic N) is 5. The second kappa shape index (κ2) is 10.3. The Balaban J connectivity index is 1.36. The van der Waals surface area contributed by atoms with Crippen molar-refractivity contribution < 1.29 is 38.2 Å². The van der Waals surface area contributed by atoms with Gasteiger partial charge in [-0.2, -0.15) is 0 Å². The highest BCUT2D eigenvalue weighted by Crippen LogP contribution is 2.45. The summed E-state index contributed by atoms with van der Waals surface area (Å²) in [5.41, 5.74) is 1.84. The first kappa shape index (κ1) is 27.6. The number of hydrogen-bond acceptors (Lipinski definition) is 11. The maximum absolute atomic E-state index is 14.0. The van der Waals surface area contributed by atoms with Crippen molar-refractivity contribution in [3.63, 3.8) is 0 Å². The van der Waals surface area contributed by atoms with E-state index in [0.717, 1.165) is 0 Å². The zero-order valence-corrected chi connectivity index (χ0v) is 23.5. The number of imidazole rings is 1. The lowest BCUT2D eigenvalue weighted by atomic mass is 9.98. The highest BCUT2D eigenvalue weighted by molar-refractivity contribution is 6.14. The van der Waals surface area contributed by atoms with Crippen molar-refractivity contribution in [2.75, 3.05) is 34.6 Å². The second-order valence-electron chi connectivity index (χ2n) is 9.86. The predicted molar refractivity (Wildman–Crippen MR) is 149 cm³/mol. The molecule has 0 atom stereocenters. The third-order valence-electron chi connectivity index (χ3n) is 7.55. The molecule has 4 aromatic rings. The van der Waals surface area contributed by atoms with Crippen LogP contribution in [0.4, 0.5) is 10.7 Å². The standard InChI is InChI=1S/C28H25N5O10/c1-30(28(36)41-12-14-11-29-27(31(14)2)33(37)38)6-5-15-24-16-7-22-23(43-13-42-22)8-17(16)26(35)32(24)19-10-21(40-4)20(39-3)9-18(19)25(15)34/h7-11H,5-6,12-13H2,1-4H3. The van der Waals surface area contributed by atoms with Gasteiger partial charge in [0.2, 0.25) is 6.79 Å². The van der Waals surface area contributed by atoms with Crippen molar-refractivity contribution in [3.05, 3.63) is 67.6 Å². The molecule has 0 saturated carbocycles. The Morgan fingerprint density at radius 2 is 1.77 bits per heavy atom. The number of nitro groups is 1. The summed E-state index contributed by atoms with van der Waals surface area (Å²) in [5, 5.41) is 11.3. The van der Waals surface area contributed by atoms with E-state index in [1.807, 2.05) is 0 Å². The molecule has 0 saturated heterocycles. The molecule has 2 aromatic heterocycles. The Morgan fingerprint density at radius 1 is 1.09 bits per heavy atom. The molecule has 15 nitrogen and oxygen atoms in total. The maximum atomic E-state index is 14.0. The SMILES string of the molecule is COc1cc2c(=O)c(CCN(C)C(=O)OCc3cnc([N+](=O)[O-])n3C)c3n(c2cc1OC)C(=O)c1cc2c(cc1-3)OCO2. The van der Waals surface area contributed by atoms with Crippen LogP contribution in [0.5, 0.6) is 23.0 Å². The van der Waals surface area contributed by atoms with Crippen LogP contribution in [0.25, 0.3) is 22.2 Å². The Morgan fingerprint density at radius 3 is 2.42 bits per heavy atom. The van der Waals surface area contributed by atoms with E-state index >= 15 is 0 Å². The van der Waals surface area contributed by atoms with Crippen LogP contribution < -0.4 is 24.4 Å². The van der Waals surface area contributed by atoms with E-state index in [1.165, 1.54) is 54.6 Å². The smallest absolute Gasteiger partial charge is 0.434 e. The number of likely N-dealkylation sites (N-methyl/N-ethyl adjacent to an activating group) is 1. The minimum Gasteiger partial charge on any atom is -0.493 e. The minimum atomic E-state index is -0.715. The van der Waals surface area contributed by atoms with Gasteiger partial charge in [0.15, 0.2) is 40.7 Å². The summed E-state index contributed by atoms with van der Waals surface area (Å²) in [4.78, 5) is 56.0. The summed E-state index contributed by atoms with van der Waals surface area (Å²) in [6, 6.07) is 6.38. The van der Waals surface area contributed by atoms with Crippen molar-refractivity contribution in [1.82, 2.24) is 19.0 Å². The molecule has 0 bridgehead atoms. The Labute approximate surface area is 242 Å². The highest BCUT2D eigenvalue weighted by atomic mass is 16.7. The minimum absolute atomic E-state index is 0.0138. The highest BCUT2D eigenvalue weighted by Gasteiger charge is 2.35. The maximum Gasteiger partial charge on any atom is 0.434 e. The molecule has 0 aliphatic carbocycles.